The molecule has 0 spiro atoms. The van der Waals surface area contributed by atoms with E-state index in [0.717, 1.165) is 25.3 Å². The van der Waals surface area contributed by atoms with Gasteiger partial charge in [0.25, 0.3) is 0 Å². The number of hydrogen-bond donors (Lipinski definition) is 1. The molecule has 2 aliphatic rings. The smallest absolute Gasteiger partial charge is 0.120 e. The largest absolute Gasteiger partial charge is 0.491 e. The number of allylic oxidation sites excluding steroid dienone is 2. The predicted octanol–water partition coefficient (Wildman–Crippen LogP) is 6.15. The zero-order chi connectivity index (χ0) is 19.7. The third-order valence-corrected chi connectivity index (χ3v) is 6.09. The van der Waals surface area contributed by atoms with E-state index in [1.165, 1.54) is 22.5 Å². The normalized spacial score (nSPS) is 22.5. The maximum Gasteiger partial charge on any atom is 0.120 e. The van der Waals surface area contributed by atoms with Gasteiger partial charge < -0.3 is 15.0 Å². The Morgan fingerprint density at radius 1 is 1.07 bits per heavy atom. The molecule has 28 heavy (non-hydrogen) atoms. The monoisotopic (exact) mass is 376 g/mol. The van der Waals surface area contributed by atoms with Crippen LogP contribution < -0.4 is 15.0 Å². The molecule has 3 atom stereocenters. The van der Waals surface area contributed by atoms with Gasteiger partial charge in [0.15, 0.2) is 0 Å². The molecular formula is C25H32N2O. The lowest BCUT2D eigenvalue weighted by atomic mass is 9.77. The van der Waals surface area contributed by atoms with E-state index in [1.54, 1.807) is 0 Å². The Balaban J connectivity index is 1.62. The molecule has 3 nitrogen and oxygen atoms in total. The van der Waals surface area contributed by atoms with Crippen molar-refractivity contribution in [2.24, 2.45) is 5.92 Å². The lowest BCUT2D eigenvalue weighted by Crippen LogP contribution is -2.29. The van der Waals surface area contributed by atoms with Gasteiger partial charge in [-0.3, -0.25) is 0 Å². The van der Waals surface area contributed by atoms with Gasteiger partial charge in [-0.1, -0.05) is 24.3 Å². The number of benzene rings is 2. The summed E-state index contributed by atoms with van der Waals surface area (Å²) in [7, 11) is 0. The fourth-order valence-corrected chi connectivity index (χ4v) is 4.73. The van der Waals surface area contributed by atoms with Crippen molar-refractivity contribution in [3.63, 3.8) is 0 Å². The van der Waals surface area contributed by atoms with Crippen LogP contribution >= 0.6 is 0 Å². The molecular weight excluding hydrogens is 344 g/mol. The molecule has 148 valence electrons. The first-order valence-electron chi connectivity index (χ1n) is 10.7. The SMILES string of the molecule is CCN(CC)c1ccc(C2Nc3ccc(OC(C)C)cc3C3C=CCC32)cc1. The number of rotatable bonds is 6. The van der Waals surface area contributed by atoms with Crippen molar-refractivity contribution in [2.75, 3.05) is 23.3 Å². The molecule has 0 saturated heterocycles. The molecule has 2 aromatic rings. The van der Waals surface area contributed by atoms with Crippen LogP contribution in [0.5, 0.6) is 5.75 Å². The molecule has 0 bridgehead atoms. The minimum absolute atomic E-state index is 0.196. The number of hydrogen-bond acceptors (Lipinski definition) is 3. The van der Waals surface area contributed by atoms with E-state index in [2.05, 4.69) is 92.5 Å². The molecule has 1 aliphatic carbocycles. The van der Waals surface area contributed by atoms with Crippen LogP contribution in [0.25, 0.3) is 0 Å². The van der Waals surface area contributed by atoms with Crippen molar-refractivity contribution in [3.05, 3.63) is 65.7 Å². The number of anilines is 2. The summed E-state index contributed by atoms with van der Waals surface area (Å²) in [5.41, 5.74) is 5.29. The summed E-state index contributed by atoms with van der Waals surface area (Å²) < 4.78 is 5.94. The van der Waals surface area contributed by atoms with Crippen molar-refractivity contribution < 1.29 is 4.74 Å². The van der Waals surface area contributed by atoms with Gasteiger partial charge in [-0.15, -0.1) is 0 Å². The molecule has 1 heterocycles. The second kappa shape index (κ2) is 7.90. The lowest BCUT2D eigenvalue weighted by Gasteiger charge is -2.38. The Morgan fingerprint density at radius 3 is 2.50 bits per heavy atom. The van der Waals surface area contributed by atoms with E-state index in [0.29, 0.717) is 17.9 Å². The van der Waals surface area contributed by atoms with Gasteiger partial charge in [0.1, 0.15) is 5.75 Å². The van der Waals surface area contributed by atoms with Gasteiger partial charge >= 0.3 is 0 Å². The maximum atomic E-state index is 5.94. The highest BCUT2D eigenvalue weighted by molar-refractivity contribution is 5.62. The average Bonchev–Trinajstić information content (AvgIpc) is 3.19. The minimum atomic E-state index is 0.196. The van der Waals surface area contributed by atoms with Crippen molar-refractivity contribution in [3.8, 4) is 5.75 Å². The van der Waals surface area contributed by atoms with Gasteiger partial charge in [0.05, 0.1) is 12.1 Å². The molecule has 3 unspecified atom stereocenters. The Kier molecular flexibility index (Phi) is 5.34. The molecule has 3 heteroatoms. The van der Waals surface area contributed by atoms with E-state index < -0.39 is 0 Å². The van der Waals surface area contributed by atoms with Crippen LogP contribution in [0.1, 0.15) is 57.2 Å². The first-order valence-corrected chi connectivity index (χ1v) is 10.7. The zero-order valence-corrected chi connectivity index (χ0v) is 17.5. The van der Waals surface area contributed by atoms with Gasteiger partial charge in [0, 0.05) is 30.4 Å². The van der Waals surface area contributed by atoms with Crippen LogP contribution in [-0.4, -0.2) is 19.2 Å². The molecule has 0 radical (unpaired) electrons. The molecule has 4 rings (SSSR count). The van der Waals surface area contributed by atoms with Crippen LogP contribution in [-0.2, 0) is 0 Å². The number of ether oxygens (including phenoxy) is 1. The third-order valence-electron chi connectivity index (χ3n) is 6.09. The summed E-state index contributed by atoms with van der Waals surface area (Å²) in [6.45, 7) is 10.7. The fraction of sp³-hybridized carbons (Fsp3) is 0.440. The predicted molar refractivity (Wildman–Crippen MR) is 119 cm³/mol. The zero-order valence-electron chi connectivity index (χ0n) is 17.5. The van der Waals surface area contributed by atoms with E-state index >= 15 is 0 Å². The van der Waals surface area contributed by atoms with Crippen molar-refractivity contribution in [1.82, 2.24) is 0 Å². The highest BCUT2D eigenvalue weighted by Crippen LogP contribution is 2.50. The lowest BCUT2D eigenvalue weighted by molar-refractivity contribution is 0.242. The summed E-state index contributed by atoms with van der Waals surface area (Å²) in [5, 5.41) is 3.83. The summed E-state index contributed by atoms with van der Waals surface area (Å²) in [6.07, 6.45) is 6.05. The highest BCUT2D eigenvalue weighted by atomic mass is 16.5. The number of nitrogens with one attached hydrogen (secondary N) is 1. The van der Waals surface area contributed by atoms with E-state index in [1.807, 2.05) is 0 Å². The molecule has 0 aromatic heterocycles. The molecule has 2 aromatic carbocycles. The van der Waals surface area contributed by atoms with E-state index in [9.17, 15) is 0 Å². The summed E-state index contributed by atoms with van der Waals surface area (Å²) in [4.78, 5) is 2.39. The van der Waals surface area contributed by atoms with Crippen LogP contribution in [0.3, 0.4) is 0 Å². The van der Waals surface area contributed by atoms with Gasteiger partial charge in [-0.25, -0.2) is 0 Å². The molecule has 0 fully saturated rings. The number of nitrogens with zero attached hydrogens (tertiary/aromatic N) is 1. The summed E-state index contributed by atoms with van der Waals surface area (Å²) in [6, 6.07) is 16.0. The first-order chi connectivity index (χ1) is 13.6. The quantitative estimate of drug-likeness (QED) is 0.612. The standard InChI is InChI=1S/C25H32N2O/c1-5-27(6-2)19-12-10-18(11-13-19)25-22-9-7-8-21(22)23-16-20(28-17(3)4)14-15-24(23)26-25/h7-8,10-17,21-22,25-26H,5-6,9H2,1-4H3. The topological polar surface area (TPSA) is 24.5 Å². The second-order valence-corrected chi connectivity index (χ2v) is 8.15. The van der Waals surface area contributed by atoms with Crippen LogP contribution in [0.4, 0.5) is 11.4 Å². The van der Waals surface area contributed by atoms with Crippen LogP contribution in [0.2, 0.25) is 0 Å². The summed E-state index contributed by atoms with van der Waals surface area (Å²) >= 11 is 0. The Hall–Kier alpha value is -2.42. The minimum Gasteiger partial charge on any atom is -0.491 e. The first kappa shape index (κ1) is 18.9. The summed E-state index contributed by atoms with van der Waals surface area (Å²) in [5.74, 6) is 1.98. The maximum absolute atomic E-state index is 5.94. The third kappa shape index (κ3) is 3.50. The van der Waals surface area contributed by atoms with Crippen LogP contribution in [0.15, 0.2) is 54.6 Å². The molecule has 0 amide bonds. The Labute approximate surface area is 169 Å². The highest BCUT2D eigenvalue weighted by Gasteiger charge is 2.38. The van der Waals surface area contributed by atoms with Gasteiger partial charge in [-0.05, 0) is 81.5 Å². The molecule has 1 N–H and O–H groups in total. The fourth-order valence-electron chi connectivity index (χ4n) is 4.73. The average molecular weight is 377 g/mol. The Bertz CT molecular complexity index is 836. The Morgan fingerprint density at radius 2 is 1.82 bits per heavy atom. The molecule has 1 aliphatic heterocycles. The second-order valence-electron chi connectivity index (χ2n) is 8.15. The van der Waals surface area contributed by atoms with Crippen molar-refractivity contribution in [1.29, 1.82) is 0 Å². The van der Waals surface area contributed by atoms with Crippen LogP contribution in [0, 0.1) is 5.92 Å². The number of fused-ring (bicyclic) bond motifs is 3. The van der Waals surface area contributed by atoms with E-state index in [4.69, 9.17) is 4.74 Å². The van der Waals surface area contributed by atoms with Crippen molar-refractivity contribution in [2.45, 2.75) is 52.2 Å². The van der Waals surface area contributed by atoms with E-state index in [-0.39, 0.29) is 6.10 Å². The van der Waals surface area contributed by atoms with Gasteiger partial charge in [0.2, 0.25) is 0 Å². The molecule has 0 saturated carbocycles. The van der Waals surface area contributed by atoms with Gasteiger partial charge in [-0.2, -0.15) is 0 Å². The van der Waals surface area contributed by atoms with Crippen molar-refractivity contribution >= 4 is 11.4 Å².